The highest BCUT2D eigenvalue weighted by Gasteiger charge is 2.28. The van der Waals surface area contributed by atoms with Gasteiger partial charge in [0.05, 0.1) is 7.11 Å². The van der Waals surface area contributed by atoms with Gasteiger partial charge in [0.1, 0.15) is 0 Å². The van der Waals surface area contributed by atoms with Gasteiger partial charge >= 0.3 is 5.97 Å². The molecule has 0 spiro atoms. The molecule has 0 aliphatic carbocycles. The van der Waals surface area contributed by atoms with E-state index in [4.69, 9.17) is 5.11 Å². The van der Waals surface area contributed by atoms with Crippen LogP contribution in [-0.4, -0.2) is 45.0 Å². The van der Waals surface area contributed by atoms with Crippen LogP contribution >= 0.6 is 0 Å². The summed E-state index contributed by atoms with van der Waals surface area (Å²) in [7, 11) is -2.56. The van der Waals surface area contributed by atoms with Crippen LogP contribution in [0.1, 0.15) is 33.1 Å². The van der Waals surface area contributed by atoms with E-state index in [1.807, 2.05) is 6.92 Å². The van der Waals surface area contributed by atoms with Crippen molar-refractivity contribution in [1.29, 1.82) is 0 Å². The summed E-state index contributed by atoms with van der Waals surface area (Å²) in [5.41, 5.74) is 0. The first kappa shape index (κ1) is 17.3. The van der Waals surface area contributed by atoms with E-state index in [-0.39, 0.29) is 19.1 Å². The Labute approximate surface area is 109 Å². The number of methoxy groups -OCH3 is 1. The lowest BCUT2D eigenvalue weighted by molar-refractivity contribution is -0.139. The summed E-state index contributed by atoms with van der Waals surface area (Å²) in [6, 6.07) is 0. The van der Waals surface area contributed by atoms with Crippen LogP contribution in [-0.2, 0) is 19.6 Å². The minimum absolute atomic E-state index is 0.0267. The van der Waals surface area contributed by atoms with E-state index in [1.54, 1.807) is 0 Å². The van der Waals surface area contributed by atoms with Crippen molar-refractivity contribution < 1.29 is 23.1 Å². The Hall–Kier alpha value is -0.660. The van der Waals surface area contributed by atoms with Crippen LogP contribution in [0.2, 0.25) is 0 Å². The van der Waals surface area contributed by atoms with Crippen LogP contribution in [0.25, 0.3) is 0 Å². The van der Waals surface area contributed by atoms with Crippen LogP contribution < -0.4 is 4.72 Å². The van der Waals surface area contributed by atoms with Crippen molar-refractivity contribution in [2.45, 2.75) is 38.4 Å². The first-order valence-electron chi connectivity index (χ1n) is 6.06. The molecule has 0 saturated carbocycles. The number of hydrogen-bond donors (Lipinski definition) is 2. The van der Waals surface area contributed by atoms with Gasteiger partial charge in [-0.05, 0) is 25.7 Å². The lowest BCUT2D eigenvalue weighted by atomic mass is 10.0. The van der Waals surface area contributed by atoms with Gasteiger partial charge in [-0.25, -0.2) is 13.1 Å². The Bertz CT molecular complexity index is 335. The third kappa shape index (κ3) is 5.79. The number of hydrogen-bond acceptors (Lipinski definition) is 5. The first-order chi connectivity index (χ1) is 8.38. The zero-order valence-corrected chi connectivity index (χ0v) is 12.0. The maximum absolute atomic E-state index is 11.8. The largest absolute Gasteiger partial charge is 0.468 e. The number of esters is 1. The monoisotopic (exact) mass is 281 g/mol. The molecule has 0 rings (SSSR count). The zero-order chi connectivity index (χ0) is 14.2. The molecule has 0 saturated heterocycles. The highest BCUT2D eigenvalue weighted by Crippen LogP contribution is 2.11. The second-order valence-electron chi connectivity index (χ2n) is 4.23. The summed E-state index contributed by atoms with van der Waals surface area (Å²) in [6.45, 7) is 3.54. The number of aliphatic hydroxyl groups excluding tert-OH is 1. The molecule has 2 unspecified atom stereocenters. The Morgan fingerprint density at radius 2 is 2.00 bits per heavy atom. The van der Waals surface area contributed by atoms with Crippen LogP contribution in [0.15, 0.2) is 0 Å². The second kappa shape index (κ2) is 8.44. The molecule has 0 aliphatic heterocycles. The second-order valence-corrected chi connectivity index (χ2v) is 6.31. The van der Waals surface area contributed by atoms with Gasteiger partial charge in [0.15, 0.2) is 5.25 Å². The van der Waals surface area contributed by atoms with Gasteiger partial charge in [0, 0.05) is 13.2 Å². The molecular formula is C11H23NO5S. The summed E-state index contributed by atoms with van der Waals surface area (Å²) in [6.07, 6.45) is 2.29. The van der Waals surface area contributed by atoms with Gasteiger partial charge in [0.25, 0.3) is 0 Å². The van der Waals surface area contributed by atoms with Crippen molar-refractivity contribution in [1.82, 2.24) is 4.72 Å². The van der Waals surface area contributed by atoms with Crippen LogP contribution in [0.3, 0.4) is 0 Å². The fourth-order valence-corrected chi connectivity index (χ4v) is 2.66. The normalized spacial score (nSPS) is 15.1. The quantitative estimate of drug-likeness (QED) is 0.592. The number of rotatable bonds is 9. The summed E-state index contributed by atoms with van der Waals surface area (Å²) >= 11 is 0. The number of carbonyl (C=O) groups excluding carboxylic acids is 1. The molecule has 0 fully saturated rings. The Kier molecular flexibility index (Phi) is 8.13. The number of ether oxygens (including phenoxy) is 1. The van der Waals surface area contributed by atoms with E-state index >= 15 is 0 Å². The average Bonchev–Trinajstić information content (AvgIpc) is 2.34. The molecule has 0 aliphatic rings. The SMILES string of the molecule is CCCC(CCO)CNS(=O)(=O)C(C)C(=O)OC. The predicted octanol–water partition coefficient (Wildman–Crippen LogP) is 0.266. The summed E-state index contributed by atoms with van der Waals surface area (Å²) < 4.78 is 30.3. The fourth-order valence-electron chi connectivity index (χ4n) is 1.59. The van der Waals surface area contributed by atoms with Gasteiger partial charge in [0.2, 0.25) is 10.0 Å². The number of aliphatic hydroxyl groups is 1. The number of nitrogens with one attached hydrogen (secondary N) is 1. The first-order valence-corrected chi connectivity index (χ1v) is 7.60. The topological polar surface area (TPSA) is 92.7 Å². The molecule has 2 N–H and O–H groups in total. The molecule has 0 aromatic rings. The highest BCUT2D eigenvalue weighted by molar-refractivity contribution is 7.90. The maximum Gasteiger partial charge on any atom is 0.325 e. The van der Waals surface area contributed by atoms with E-state index in [1.165, 1.54) is 6.92 Å². The van der Waals surface area contributed by atoms with Gasteiger partial charge < -0.3 is 9.84 Å². The average molecular weight is 281 g/mol. The van der Waals surface area contributed by atoms with Gasteiger partial charge in [-0.3, -0.25) is 4.79 Å². The van der Waals surface area contributed by atoms with Crippen molar-refractivity contribution in [2.24, 2.45) is 5.92 Å². The third-order valence-corrected chi connectivity index (χ3v) is 4.50. The third-order valence-electron chi connectivity index (χ3n) is 2.81. The van der Waals surface area contributed by atoms with Crippen molar-refractivity contribution in [2.75, 3.05) is 20.3 Å². The molecule has 0 bridgehead atoms. The van der Waals surface area contributed by atoms with Crippen LogP contribution in [0.5, 0.6) is 0 Å². The van der Waals surface area contributed by atoms with Crippen molar-refractivity contribution in [3.8, 4) is 0 Å². The van der Waals surface area contributed by atoms with Gasteiger partial charge in [-0.2, -0.15) is 0 Å². The molecule has 18 heavy (non-hydrogen) atoms. The lowest BCUT2D eigenvalue weighted by Crippen LogP contribution is -2.40. The molecule has 0 heterocycles. The molecule has 0 radical (unpaired) electrons. The smallest absolute Gasteiger partial charge is 0.325 e. The molecule has 0 aromatic heterocycles. The Balaban J connectivity index is 4.44. The molecule has 0 aromatic carbocycles. The predicted molar refractivity (Wildman–Crippen MR) is 68.5 cm³/mol. The van der Waals surface area contributed by atoms with E-state index in [0.717, 1.165) is 20.0 Å². The zero-order valence-electron chi connectivity index (χ0n) is 11.2. The Morgan fingerprint density at radius 1 is 1.39 bits per heavy atom. The standard InChI is InChI=1S/C11H23NO5S/c1-4-5-10(6-7-13)8-12-18(15,16)9(2)11(14)17-3/h9-10,12-13H,4-8H2,1-3H3. The minimum Gasteiger partial charge on any atom is -0.468 e. The Morgan fingerprint density at radius 3 is 2.44 bits per heavy atom. The molecular weight excluding hydrogens is 258 g/mol. The number of sulfonamides is 1. The van der Waals surface area contributed by atoms with Gasteiger partial charge in [-0.1, -0.05) is 13.3 Å². The summed E-state index contributed by atoms with van der Waals surface area (Å²) in [5.74, 6) is -0.698. The lowest BCUT2D eigenvalue weighted by Gasteiger charge is -2.17. The van der Waals surface area contributed by atoms with E-state index in [9.17, 15) is 13.2 Å². The molecule has 6 nitrogen and oxygen atoms in total. The fraction of sp³-hybridized carbons (Fsp3) is 0.909. The summed E-state index contributed by atoms with van der Waals surface area (Å²) in [5, 5.41) is 7.65. The van der Waals surface area contributed by atoms with Crippen molar-refractivity contribution in [3.63, 3.8) is 0 Å². The highest BCUT2D eigenvalue weighted by atomic mass is 32.2. The van der Waals surface area contributed by atoms with Crippen molar-refractivity contribution >= 4 is 16.0 Å². The van der Waals surface area contributed by atoms with E-state index in [2.05, 4.69) is 9.46 Å². The summed E-state index contributed by atoms with van der Waals surface area (Å²) in [4.78, 5) is 11.2. The van der Waals surface area contributed by atoms with E-state index in [0.29, 0.717) is 6.42 Å². The number of carbonyl (C=O) groups is 1. The molecule has 7 heteroatoms. The maximum atomic E-state index is 11.8. The van der Waals surface area contributed by atoms with Crippen LogP contribution in [0, 0.1) is 5.92 Å². The minimum atomic E-state index is -3.71. The van der Waals surface area contributed by atoms with Crippen molar-refractivity contribution in [3.05, 3.63) is 0 Å². The van der Waals surface area contributed by atoms with E-state index < -0.39 is 21.2 Å². The molecule has 108 valence electrons. The molecule has 0 amide bonds. The van der Waals surface area contributed by atoms with Crippen LogP contribution in [0.4, 0.5) is 0 Å². The van der Waals surface area contributed by atoms with Gasteiger partial charge in [-0.15, -0.1) is 0 Å². The molecule has 2 atom stereocenters.